The van der Waals surface area contributed by atoms with E-state index in [1.165, 1.54) is 23.3 Å². The summed E-state index contributed by atoms with van der Waals surface area (Å²) in [6.45, 7) is 1.02. The highest BCUT2D eigenvalue weighted by atomic mass is 19.4. The molecule has 32 heavy (non-hydrogen) atoms. The molecule has 0 saturated carbocycles. The van der Waals surface area contributed by atoms with Crippen molar-refractivity contribution in [2.24, 2.45) is 5.92 Å². The maximum atomic E-state index is 14.5. The van der Waals surface area contributed by atoms with Gasteiger partial charge in [0, 0.05) is 25.2 Å². The molecule has 0 aliphatic carbocycles. The lowest BCUT2D eigenvalue weighted by Crippen LogP contribution is -2.43. The number of hydrogen-bond donors (Lipinski definition) is 0. The van der Waals surface area contributed by atoms with Crippen LogP contribution >= 0.6 is 0 Å². The molecule has 2 aromatic heterocycles. The van der Waals surface area contributed by atoms with Gasteiger partial charge >= 0.3 is 6.18 Å². The Morgan fingerprint density at radius 2 is 1.84 bits per heavy atom. The Labute approximate surface area is 182 Å². The van der Waals surface area contributed by atoms with E-state index in [0.29, 0.717) is 37.5 Å². The largest absolute Gasteiger partial charge is 0.467 e. The maximum Gasteiger partial charge on any atom is 0.417 e. The third kappa shape index (κ3) is 4.76. The van der Waals surface area contributed by atoms with E-state index in [-0.39, 0.29) is 24.1 Å². The normalized spacial score (nSPS) is 15.1. The molecule has 0 atom stereocenters. The number of rotatable bonds is 5. The molecule has 168 valence electrons. The van der Waals surface area contributed by atoms with Crippen molar-refractivity contribution in [1.82, 2.24) is 4.98 Å². The van der Waals surface area contributed by atoms with Crippen LogP contribution in [-0.4, -0.2) is 24.0 Å². The molecule has 5 nitrogen and oxygen atoms in total. The molecule has 0 radical (unpaired) electrons. The molecule has 0 unspecified atom stereocenters. The van der Waals surface area contributed by atoms with Crippen molar-refractivity contribution in [3.8, 4) is 0 Å². The zero-order valence-corrected chi connectivity index (χ0v) is 17.1. The van der Waals surface area contributed by atoms with E-state index in [0.717, 1.165) is 12.3 Å². The average molecular weight is 447 g/mol. The van der Waals surface area contributed by atoms with E-state index in [9.17, 15) is 22.4 Å². The summed E-state index contributed by atoms with van der Waals surface area (Å²) in [5.74, 6) is -0.0981. The van der Waals surface area contributed by atoms with Crippen molar-refractivity contribution in [2.75, 3.05) is 22.9 Å². The number of anilines is 2. The van der Waals surface area contributed by atoms with Crippen LogP contribution in [0.2, 0.25) is 0 Å². The maximum absolute atomic E-state index is 14.5. The first kappa shape index (κ1) is 21.9. The average Bonchev–Trinajstić information content (AvgIpc) is 3.31. The van der Waals surface area contributed by atoms with Gasteiger partial charge in [0.2, 0.25) is 5.91 Å². The summed E-state index contributed by atoms with van der Waals surface area (Å²) in [4.78, 5) is 20.5. The van der Waals surface area contributed by atoms with E-state index in [4.69, 9.17) is 4.42 Å². The molecule has 0 N–H and O–H groups in total. The Balaban J connectivity index is 1.46. The summed E-state index contributed by atoms with van der Waals surface area (Å²) >= 11 is 0. The van der Waals surface area contributed by atoms with Crippen LogP contribution in [0.1, 0.15) is 24.2 Å². The molecule has 3 aromatic rings. The molecule has 1 fully saturated rings. The molecule has 4 rings (SSSR count). The van der Waals surface area contributed by atoms with Crippen LogP contribution in [0.4, 0.5) is 29.1 Å². The number of carbonyl (C=O) groups is 1. The van der Waals surface area contributed by atoms with Gasteiger partial charge in [-0.1, -0.05) is 12.1 Å². The number of alkyl halides is 3. The molecule has 1 aliphatic heterocycles. The van der Waals surface area contributed by atoms with E-state index >= 15 is 0 Å². The predicted octanol–water partition coefficient (Wildman–Crippen LogP) is 5.28. The van der Waals surface area contributed by atoms with E-state index < -0.39 is 17.6 Å². The molecule has 1 amide bonds. The summed E-state index contributed by atoms with van der Waals surface area (Å²) in [7, 11) is 0. The number of carbonyl (C=O) groups excluding carboxylic acids is 1. The third-order valence-corrected chi connectivity index (χ3v) is 5.55. The minimum atomic E-state index is -4.44. The quantitative estimate of drug-likeness (QED) is 0.499. The molecule has 1 saturated heterocycles. The van der Waals surface area contributed by atoms with Crippen molar-refractivity contribution < 1.29 is 26.8 Å². The molecule has 1 aliphatic rings. The minimum Gasteiger partial charge on any atom is -0.467 e. The lowest BCUT2D eigenvalue weighted by atomic mass is 9.94. The van der Waals surface area contributed by atoms with Crippen molar-refractivity contribution in [1.29, 1.82) is 0 Å². The number of amides is 1. The predicted molar refractivity (Wildman–Crippen MR) is 110 cm³/mol. The number of aromatic nitrogens is 1. The molecule has 9 heteroatoms. The summed E-state index contributed by atoms with van der Waals surface area (Å²) < 4.78 is 58.1. The van der Waals surface area contributed by atoms with Gasteiger partial charge in [-0.25, -0.2) is 9.37 Å². The number of benzene rings is 1. The van der Waals surface area contributed by atoms with E-state index in [1.54, 1.807) is 30.3 Å². The second kappa shape index (κ2) is 9.02. The second-order valence-electron chi connectivity index (χ2n) is 7.62. The fourth-order valence-electron chi connectivity index (χ4n) is 3.83. The first-order valence-corrected chi connectivity index (χ1v) is 10.2. The highest BCUT2D eigenvalue weighted by Gasteiger charge is 2.33. The SMILES string of the molecule is O=C(C1CCN(c2ccc(C(F)(F)F)cn2)CC1)N(Cc1ccco1)c1ccccc1F. The van der Waals surface area contributed by atoms with Gasteiger partial charge in [-0.05, 0) is 49.2 Å². The highest BCUT2D eigenvalue weighted by molar-refractivity contribution is 5.95. The van der Waals surface area contributed by atoms with Crippen LogP contribution in [0.5, 0.6) is 0 Å². The summed E-state index contributed by atoms with van der Waals surface area (Å²) in [5, 5.41) is 0. The van der Waals surface area contributed by atoms with Gasteiger partial charge in [0.15, 0.2) is 0 Å². The number of nitrogens with zero attached hydrogens (tertiary/aromatic N) is 3. The highest BCUT2D eigenvalue weighted by Crippen LogP contribution is 2.31. The monoisotopic (exact) mass is 447 g/mol. The molecule has 0 spiro atoms. The van der Waals surface area contributed by atoms with Crippen LogP contribution < -0.4 is 9.80 Å². The second-order valence-corrected chi connectivity index (χ2v) is 7.62. The summed E-state index contributed by atoms with van der Waals surface area (Å²) in [6.07, 6.45) is -1.17. The number of hydrogen-bond acceptors (Lipinski definition) is 4. The lowest BCUT2D eigenvalue weighted by Gasteiger charge is -2.34. The van der Waals surface area contributed by atoms with Crippen molar-refractivity contribution in [2.45, 2.75) is 25.6 Å². The fraction of sp³-hybridized carbons (Fsp3) is 0.304. The fourth-order valence-corrected chi connectivity index (χ4v) is 3.83. The molecule has 0 bridgehead atoms. The zero-order chi connectivity index (χ0) is 22.7. The molecular weight excluding hydrogens is 426 g/mol. The van der Waals surface area contributed by atoms with Crippen LogP contribution in [0, 0.1) is 11.7 Å². The Kier molecular flexibility index (Phi) is 6.16. The summed E-state index contributed by atoms with van der Waals surface area (Å²) in [6, 6.07) is 11.9. The van der Waals surface area contributed by atoms with Crippen molar-refractivity contribution >= 4 is 17.4 Å². The van der Waals surface area contributed by atoms with Gasteiger partial charge in [0.25, 0.3) is 0 Å². The van der Waals surface area contributed by atoms with Crippen molar-refractivity contribution in [3.63, 3.8) is 0 Å². The standard InChI is InChI=1S/C23H21F4N3O2/c24-19-5-1-2-6-20(19)30(15-18-4-3-13-32-18)22(31)16-9-11-29(12-10-16)21-8-7-17(14-28-21)23(25,26)27/h1-8,13-14,16H,9-12,15H2. The topological polar surface area (TPSA) is 49.6 Å². The van der Waals surface area contributed by atoms with Gasteiger partial charge in [-0.3, -0.25) is 4.79 Å². The number of halogens is 4. The van der Waals surface area contributed by atoms with Gasteiger partial charge in [0.05, 0.1) is 24.1 Å². The van der Waals surface area contributed by atoms with Crippen LogP contribution in [0.3, 0.4) is 0 Å². The van der Waals surface area contributed by atoms with Crippen LogP contribution in [0.15, 0.2) is 65.4 Å². The Hall–Kier alpha value is -3.36. The number of piperidine rings is 1. The summed E-state index contributed by atoms with van der Waals surface area (Å²) in [5.41, 5.74) is -0.620. The van der Waals surface area contributed by atoms with Crippen LogP contribution in [0.25, 0.3) is 0 Å². The van der Waals surface area contributed by atoms with Crippen molar-refractivity contribution in [3.05, 3.63) is 78.1 Å². The molecular formula is C23H21F4N3O2. The Morgan fingerprint density at radius 3 is 2.44 bits per heavy atom. The number of pyridine rings is 1. The first-order chi connectivity index (χ1) is 15.3. The Morgan fingerprint density at radius 1 is 1.09 bits per heavy atom. The minimum absolute atomic E-state index is 0.105. The van der Waals surface area contributed by atoms with Gasteiger partial charge < -0.3 is 14.2 Å². The van der Waals surface area contributed by atoms with E-state index in [2.05, 4.69) is 4.98 Å². The first-order valence-electron chi connectivity index (χ1n) is 10.2. The van der Waals surface area contributed by atoms with Gasteiger partial charge in [-0.2, -0.15) is 13.2 Å². The Bertz CT molecular complexity index is 1040. The van der Waals surface area contributed by atoms with Crippen LogP contribution in [-0.2, 0) is 17.5 Å². The molecule has 1 aromatic carbocycles. The van der Waals surface area contributed by atoms with Gasteiger partial charge in [-0.15, -0.1) is 0 Å². The van der Waals surface area contributed by atoms with E-state index in [1.807, 2.05) is 4.90 Å². The number of para-hydroxylation sites is 1. The lowest BCUT2D eigenvalue weighted by molar-refractivity contribution is -0.137. The van der Waals surface area contributed by atoms with Gasteiger partial charge in [0.1, 0.15) is 17.4 Å². The number of furan rings is 1. The zero-order valence-electron chi connectivity index (χ0n) is 17.1. The smallest absolute Gasteiger partial charge is 0.417 e. The third-order valence-electron chi connectivity index (χ3n) is 5.55. The molecule has 3 heterocycles.